The fourth-order valence-corrected chi connectivity index (χ4v) is 4.06. The van der Waals surface area contributed by atoms with E-state index in [1.165, 1.54) is 10.1 Å². The van der Waals surface area contributed by atoms with Crippen LogP contribution in [-0.4, -0.2) is 56.8 Å². The SMILES string of the molecule is Cc1cccc(N2CCN(C(=O)c3nnn4c3c(=O)[nH]c3cc(C)ccc34)CC2)c1. The standard InChI is InChI=1S/C22H22N6O2/c1-14-4-3-5-16(12-14)26-8-10-27(11-9-26)22(30)19-20-21(29)23-17-13-15(2)6-7-18(17)28(20)25-24-19/h3-7,12-13H,8-11H2,1-2H3,(H,23,29). The van der Waals surface area contributed by atoms with Crippen molar-refractivity contribution in [1.82, 2.24) is 24.7 Å². The van der Waals surface area contributed by atoms with Gasteiger partial charge in [-0.1, -0.05) is 23.4 Å². The summed E-state index contributed by atoms with van der Waals surface area (Å²) < 4.78 is 1.46. The quantitative estimate of drug-likeness (QED) is 0.555. The van der Waals surface area contributed by atoms with Crippen molar-refractivity contribution in [1.29, 1.82) is 0 Å². The van der Waals surface area contributed by atoms with Crippen molar-refractivity contribution in [2.45, 2.75) is 13.8 Å². The maximum Gasteiger partial charge on any atom is 0.277 e. The average molecular weight is 402 g/mol. The smallest absolute Gasteiger partial charge is 0.277 e. The van der Waals surface area contributed by atoms with Gasteiger partial charge < -0.3 is 14.8 Å². The van der Waals surface area contributed by atoms with Gasteiger partial charge in [-0.25, -0.2) is 4.52 Å². The molecule has 4 aromatic rings. The molecule has 1 fully saturated rings. The van der Waals surface area contributed by atoms with Crippen LogP contribution in [0.5, 0.6) is 0 Å². The van der Waals surface area contributed by atoms with Crippen LogP contribution in [0.4, 0.5) is 5.69 Å². The molecule has 0 saturated carbocycles. The molecule has 1 saturated heterocycles. The topological polar surface area (TPSA) is 86.6 Å². The Balaban J connectivity index is 1.43. The molecule has 8 nitrogen and oxygen atoms in total. The summed E-state index contributed by atoms with van der Waals surface area (Å²) in [4.78, 5) is 32.7. The third kappa shape index (κ3) is 3.01. The maximum absolute atomic E-state index is 13.2. The first-order valence-corrected chi connectivity index (χ1v) is 10.0. The van der Waals surface area contributed by atoms with Gasteiger partial charge in [-0.3, -0.25) is 9.59 Å². The Morgan fingerprint density at radius 2 is 1.77 bits per heavy atom. The minimum Gasteiger partial charge on any atom is -0.368 e. The zero-order valence-electron chi connectivity index (χ0n) is 16.9. The van der Waals surface area contributed by atoms with Crippen molar-refractivity contribution in [2.75, 3.05) is 31.1 Å². The largest absolute Gasteiger partial charge is 0.368 e. The molecule has 8 heteroatoms. The third-order valence-corrected chi connectivity index (χ3v) is 5.65. The van der Waals surface area contributed by atoms with Crippen LogP contribution in [0.1, 0.15) is 21.6 Å². The number of nitrogens with zero attached hydrogens (tertiary/aromatic N) is 5. The monoisotopic (exact) mass is 402 g/mol. The Morgan fingerprint density at radius 3 is 2.53 bits per heavy atom. The second-order valence-corrected chi connectivity index (χ2v) is 7.79. The number of aromatic nitrogens is 4. The minimum atomic E-state index is -0.361. The summed E-state index contributed by atoms with van der Waals surface area (Å²) in [5.74, 6) is -0.258. The highest BCUT2D eigenvalue weighted by atomic mass is 16.2. The zero-order valence-corrected chi connectivity index (χ0v) is 16.9. The highest BCUT2D eigenvalue weighted by Crippen LogP contribution is 2.20. The molecule has 1 N–H and O–H groups in total. The van der Waals surface area contributed by atoms with E-state index in [2.05, 4.69) is 45.3 Å². The van der Waals surface area contributed by atoms with Gasteiger partial charge in [-0.05, 0) is 49.2 Å². The van der Waals surface area contributed by atoms with Gasteiger partial charge in [0.05, 0.1) is 11.0 Å². The number of aromatic amines is 1. The number of carbonyl (C=O) groups is 1. The van der Waals surface area contributed by atoms with Crippen LogP contribution in [0.3, 0.4) is 0 Å². The average Bonchev–Trinajstić information content (AvgIpc) is 3.19. The lowest BCUT2D eigenvalue weighted by molar-refractivity contribution is 0.0742. The van der Waals surface area contributed by atoms with Gasteiger partial charge in [-0.15, -0.1) is 5.10 Å². The van der Waals surface area contributed by atoms with Crippen molar-refractivity contribution in [3.63, 3.8) is 0 Å². The molecule has 5 rings (SSSR count). The van der Waals surface area contributed by atoms with Gasteiger partial charge in [-0.2, -0.15) is 0 Å². The van der Waals surface area contributed by atoms with E-state index in [4.69, 9.17) is 0 Å². The molecule has 1 amide bonds. The predicted molar refractivity (Wildman–Crippen MR) is 115 cm³/mol. The van der Waals surface area contributed by atoms with Gasteiger partial charge in [0.1, 0.15) is 0 Å². The van der Waals surface area contributed by atoms with Crippen LogP contribution in [-0.2, 0) is 0 Å². The Hall–Kier alpha value is -3.68. The summed E-state index contributed by atoms with van der Waals surface area (Å²) in [6.07, 6.45) is 0. The molecule has 0 bridgehead atoms. The van der Waals surface area contributed by atoms with Crippen LogP contribution in [0.2, 0.25) is 0 Å². The van der Waals surface area contributed by atoms with Crippen molar-refractivity contribution in [2.24, 2.45) is 0 Å². The number of anilines is 1. The van der Waals surface area contributed by atoms with E-state index in [1.807, 2.05) is 31.2 Å². The van der Waals surface area contributed by atoms with Crippen molar-refractivity contribution >= 4 is 28.1 Å². The second-order valence-electron chi connectivity index (χ2n) is 7.79. The lowest BCUT2D eigenvalue weighted by Gasteiger charge is -2.35. The summed E-state index contributed by atoms with van der Waals surface area (Å²) in [6.45, 7) is 6.62. The molecule has 2 aromatic heterocycles. The minimum absolute atomic E-state index is 0.0998. The Kier molecular flexibility index (Phi) is 4.27. The van der Waals surface area contributed by atoms with E-state index >= 15 is 0 Å². The van der Waals surface area contributed by atoms with Crippen molar-refractivity contribution in [3.8, 4) is 0 Å². The van der Waals surface area contributed by atoms with Crippen LogP contribution < -0.4 is 10.5 Å². The molecular weight excluding hydrogens is 380 g/mol. The first kappa shape index (κ1) is 18.4. The number of fused-ring (bicyclic) bond motifs is 3. The van der Waals surface area contributed by atoms with E-state index in [9.17, 15) is 9.59 Å². The molecule has 2 aromatic carbocycles. The first-order chi connectivity index (χ1) is 14.5. The molecule has 0 spiro atoms. The molecule has 30 heavy (non-hydrogen) atoms. The molecule has 0 radical (unpaired) electrons. The number of rotatable bonds is 2. The van der Waals surface area contributed by atoms with E-state index < -0.39 is 0 Å². The summed E-state index contributed by atoms with van der Waals surface area (Å²) in [7, 11) is 0. The molecule has 152 valence electrons. The Labute approximate surface area is 172 Å². The second kappa shape index (κ2) is 6.98. The number of hydrogen-bond acceptors (Lipinski definition) is 5. The molecule has 1 aliphatic rings. The number of H-pyrrole nitrogens is 1. The summed E-state index contributed by atoms with van der Waals surface area (Å²) in [5, 5.41) is 8.19. The summed E-state index contributed by atoms with van der Waals surface area (Å²) in [5.41, 5.74) is 4.72. The molecular formula is C22H22N6O2. The summed E-state index contributed by atoms with van der Waals surface area (Å²) in [6, 6.07) is 14.0. The predicted octanol–water partition coefficient (Wildman–Crippen LogP) is 2.15. The lowest BCUT2D eigenvalue weighted by atomic mass is 10.2. The highest BCUT2D eigenvalue weighted by Gasteiger charge is 2.27. The van der Waals surface area contributed by atoms with Gasteiger partial charge in [0.15, 0.2) is 11.2 Å². The van der Waals surface area contributed by atoms with Gasteiger partial charge in [0.2, 0.25) is 0 Å². The molecule has 0 atom stereocenters. The molecule has 3 heterocycles. The van der Waals surface area contributed by atoms with Gasteiger partial charge >= 0.3 is 0 Å². The van der Waals surface area contributed by atoms with Gasteiger partial charge in [0, 0.05) is 31.9 Å². The number of amides is 1. The van der Waals surface area contributed by atoms with E-state index in [0.717, 1.165) is 24.3 Å². The zero-order chi connectivity index (χ0) is 20.8. The van der Waals surface area contributed by atoms with E-state index in [0.29, 0.717) is 24.1 Å². The van der Waals surface area contributed by atoms with Crippen LogP contribution >= 0.6 is 0 Å². The number of nitrogens with one attached hydrogen (secondary N) is 1. The Bertz CT molecular complexity index is 1330. The molecule has 1 aliphatic heterocycles. The normalized spacial score (nSPS) is 14.6. The number of hydrogen-bond donors (Lipinski definition) is 1. The van der Waals surface area contributed by atoms with Crippen molar-refractivity contribution in [3.05, 3.63) is 69.6 Å². The summed E-state index contributed by atoms with van der Waals surface area (Å²) >= 11 is 0. The molecule has 0 aliphatic carbocycles. The first-order valence-electron chi connectivity index (χ1n) is 10.0. The highest BCUT2D eigenvalue weighted by molar-refractivity contribution is 5.99. The van der Waals surface area contributed by atoms with E-state index in [-0.39, 0.29) is 22.7 Å². The fraction of sp³-hybridized carbons (Fsp3) is 0.273. The van der Waals surface area contributed by atoms with E-state index in [1.54, 1.807) is 4.90 Å². The Morgan fingerprint density at radius 1 is 1.00 bits per heavy atom. The lowest BCUT2D eigenvalue weighted by Crippen LogP contribution is -2.49. The number of aryl methyl sites for hydroxylation is 2. The number of piperazine rings is 1. The van der Waals surface area contributed by atoms with Crippen LogP contribution in [0.25, 0.3) is 16.6 Å². The third-order valence-electron chi connectivity index (χ3n) is 5.65. The van der Waals surface area contributed by atoms with Gasteiger partial charge in [0.25, 0.3) is 11.5 Å². The van der Waals surface area contributed by atoms with Crippen molar-refractivity contribution < 1.29 is 4.79 Å². The van der Waals surface area contributed by atoms with Crippen LogP contribution in [0.15, 0.2) is 47.3 Å². The maximum atomic E-state index is 13.2. The number of carbonyl (C=O) groups excluding carboxylic acids is 1. The molecule has 0 unspecified atom stereocenters. The number of benzene rings is 2. The fourth-order valence-electron chi connectivity index (χ4n) is 4.06. The van der Waals surface area contributed by atoms with Crippen LogP contribution in [0, 0.1) is 13.8 Å².